The number of benzene rings is 1. The summed E-state index contributed by atoms with van der Waals surface area (Å²) in [6, 6.07) is 7.35. The molecule has 2 rings (SSSR count). The predicted molar refractivity (Wildman–Crippen MR) is 60.7 cm³/mol. The standard InChI is InChI=1S/C11H9NO2.ClH/c1-7-3-2-4-8-5-9(11(13)14)6-12-10(7)8;/h2-6H,1H3,(H,13,14);1H. The molecule has 15 heavy (non-hydrogen) atoms. The van der Waals surface area contributed by atoms with Gasteiger partial charge in [-0.05, 0) is 18.6 Å². The molecule has 0 fully saturated rings. The number of carboxylic acids is 1. The topological polar surface area (TPSA) is 50.2 Å². The molecule has 0 unspecified atom stereocenters. The lowest BCUT2D eigenvalue weighted by Crippen LogP contribution is -1.97. The maximum absolute atomic E-state index is 10.7. The first-order valence-electron chi connectivity index (χ1n) is 4.27. The van der Waals surface area contributed by atoms with Crippen LogP contribution in [0.25, 0.3) is 10.9 Å². The summed E-state index contributed by atoms with van der Waals surface area (Å²) < 4.78 is 0. The summed E-state index contributed by atoms with van der Waals surface area (Å²) in [6.07, 6.45) is 1.39. The monoisotopic (exact) mass is 223 g/mol. The Hall–Kier alpha value is -1.61. The van der Waals surface area contributed by atoms with Crippen molar-refractivity contribution >= 4 is 29.3 Å². The first-order chi connectivity index (χ1) is 6.68. The number of carboxylic acid groups (broad SMARTS) is 1. The van der Waals surface area contributed by atoms with E-state index < -0.39 is 5.97 Å². The summed E-state index contributed by atoms with van der Waals surface area (Å²) in [6.45, 7) is 1.95. The summed E-state index contributed by atoms with van der Waals surface area (Å²) in [5, 5.41) is 9.64. The summed E-state index contributed by atoms with van der Waals surface area (Å²) in [4.78, 5) is 14.8. The van der Waals surface area contributed by atoms with E-state index in [-0.39, 0.29) is 18.0 Å². The number of pyridine rings is 1. The van der Waals surface area contributed by atoms with Gasteiger partial charge in [0.2, 0.25) is 0 Å². The van der Waals surface area contributed by atoms with E-state index in [4.69, 9.17) is 5.11 Å². The van der Waals surface area contributed by atoms with Gasteiger partial charge in [-0.3, -0.25) is 4.98 Å². The number of halogens is 1. The number of aromatic nitrogens is 1. The molecule has 4 heteroatoms. The van der Waals surface area contributed by atoms with Crippen molar-refractivity contribution in [2.45, 2.75) is 6.92 Å². The minimum Gasteiger partial charge on any atom is -0.478 e. The number of aryl methyl sites for hydroxylation is 1. The minimum absolute atomic E-state index is 0. The zero-order chi connectivity index (χ0) is 10.1. The number of aromatic carboxylic acids is 1. The fraction of sp³-hybridized carbons (Fsp3) is 0.0909. The molecule has 1 aromatic heterocycles. The molecule has 1 N–H and O–H groups in total. The van der Waals surface area contributed by atoms with Gasteiger partial charge in [-0.15, -0.1) is 12.4 Å². The molecule has 0 saturated carbocycles. The molecule has 1 heterocycles. The fourth-order valence-corrected chi connectivity index (χ4v) is 1.43. The summed E-state index contributed by atoms with van der Waals surface area (Å²) >= 11 is 0. The van der Waals surface area contributed by atoms with E-state index in [1.54, 1.807) is 6.07 Å². The Balaban J connectivity index is 0.00000112. The molecule has 0 amide bonds. The average molecular weight is 224 g/mol. The van der Waals surface area contributed by atoms with Crippen LogP contribution in [-0.2, 0) is 0 Å². The molecular weight excluding hydrogens is 214 g/mol. The van der Waals surface area contributed by atoms with Gasteiger partial charge < -0.3 is 5.11 Å². The second-order valence-corrected chi connectivity index (χ2v) is 3.18. The summed E-state index contributed by atoms with van der Waals surface area (Å²) in [5.74, 6) is -0.944. The highest BCUT2D eigenvalue weighted by molar-refractivity contribution is 5.93. The van der Waals surface area contributed by atoms with Crippen LogP contribution in [0.15, 0.2) is 30.5 Å². The Kier molecular flexibility index (Phi) is 3.27. The van der Waals surface area contributed by atoms with Crippen molar-refractivity contribution in [3.05, 3.63) is 41.6 Å². The van der Waals surface area contributed by atoms with Crippen LogP contribution in [0.1, 0.15) is 15.9 Å². The SMILES string of the molecule is Cc1cccc2cc(C(=O)O)cnc12.Cl. The third kappa shape index (κ3) is 2.07. The summed E-state index contributed by atoms with van der Waals surface area (Å²) in [7, 11) is 0. The van der Waals surface area contributed by atoms with E-state index in [1.807, 2.05) is 25.1 Å². The van der Waals surface area contributed by atoms with Crippen LogP contribution in [0.3, 0.4) is 0 Å². The van der Waals surface area contributed by atoms with E-state index in [2.05, 4.69) is 4.98 Å². The van der Waals surface area contributed by atoms with Crippen molar-refractivity contribution in [1.29, 1.82) is 0 Å². The van der Waals surface area contributed by atoms with Crippen LogP contribution >= 0.6 is 12.4 Å². The second-order valence-electron chi connectivity index (χ2n) is 3.18. The van der Waals surface area contributed by atoms with Crippen LogP contribution in [0, 0.1) is 6.92 Å². The van der Waals surface area contributed by atoms with Gasteiger partial charge >= 0.3 is 5.97 Å². The Morgan fingerprint density at radius 3 is 2.80 bits per heavy atom. The van der Waals surface area contributed by atoms with E-state index in [1.165, 1.54) is 6.20 Å². The number of hydrogen-bond donors (Lipinski definition) is 1. The quantitative estimate of drug-likeness (QED) is 0.809. The largest absolute Gasteiger partial charge is 0.478 e. The lowest BCUT2D eigenvalue weighted by molar-refractivity contribution is 0.0696. The van der Waals surface area contributed by atoms with Gasteiger partial charge in [0.25, 0.3) is 0 Å². The van der Waals surface area contributed by atoms with Crippen molar-refractivity contribution in [3.8, 4) is 0 Å². The van der Waals surface area contributed by atoms with Gasteiger partial charge in [0.05, 0.1) is 11.1 Å². The number of hydrogen-bond acceptors (Lipinski definition) is 2. The smallest absolute Gasteiger partial charge is 0.337 e. The van der Waals surface area contributed by atoms with Crippen LogP contribution in [0.4, 0.5) is 0 Å². The Bertz CT molecular complexity index is 511. The molecule has 0 spiro atoms. The van der Waals surface area contributed by atoms with Crippen LogP contribution in [0.2, 0.25) is 0 Å². The lowest BCUT2D eigenvalue weighted by Gasteiger charge is -2.01. The van der Waals surface area contributed by atoms with Crippen molar-refractivity contribution < 1.29 is 9.90 Å². The Morgan fingerprint density at radius 2 is 2.13 bits per heavy atom. The van der Waals surface area contributed by atoms with Crippen molar-refractivity contribution in [2.75, 3.05) is 0 Å². The van der Waals surface area contributed by atoms with E-state index in [0.717, 1.165) is 16.5 Å². The van der Waals surface area contributed by atoms with Gasteiger partial charge in [-0.2, -0.15) is 0 Å². The van der Waals surface area contributed by atoms with Crippen molar-refractivity contribution in [1.82, 2.24) is 4.98 Å². The zero-order valence-corrected chi connectivity index (χ0v) is 8.91. The zero-order valence-electron chi connectivity index (χ0n) is 8.10. The van der Waals surface area contributed by atoms with Crippen LogP contribution < -0.4 is 0 Å². The number of fused-ring (bicyclic) bond motifs is 1. The molecule has 0 aliphatic heterocycles. The average Bonchev–Trinajstić information content (AvgIpc) is 2.17. The van der Waals surface area contributed by atoms with Gasteiger partial charge in [0.1, 0.15) is 0 Å². The number of rotatable bonds is 1. The van der Waals surface area contributed by atoms with Crippen molar-refractivity contribution in [3.63, 3.8) is 0 Å². The fourth-order valence-electron chi connectivity index (χ4n) is 1.43. The van der Waals surface area contributed by atoms with Gasteiger partial charge in [0.15, 0.2) is 0 Å². The minimum atomic E-state index is -0.944. The van der Waals surface area contributed by atoms with Gasteiger partial charge in [0, 0.05) is 11.6 Å². The number of para-hydroxylation sites is 1. The molecule has 78 valence electrons. The van der Waals surface area contributed by atoms with Crippen molar-refractivity contribution in [2.24, 2.45) is 0 Å². The third-order valence-corrected chi connectivity index (χ3v) is 2.16. The molecule has 3 nitrogen and oxygen atoms in total. The van der Waals surface area contributed by atoms with Crippen LogP contribution in [-0.4, -0.2) is 16.1 Å². The first-order valence-corrected chi connectivity index (χ1v) is 4.27. The molecule has 1 aromatic carbocycles. The maximum atomic E-state index is 10.7. The Labute approximate surface area is 93.2 Å². The second kappa shape index (κ2) is 4.28. The molecule has 0 saturated heterocycles. The molecule has 2 aromatic rings. The Morgan fingerprint density at radius 1 is 1.40 bits per heavy atom. The maximum Gasteiger partial charge on any atom is 0.337 e. The number of carbonyl (C=O) groups is 1. The lowest BCUT2D eigenvalue weighted by atomic mass is 10.1. The number of nitrogens with zero attached hydrogens (tertiary/aromatic N) is 1. The highest BCUT2D eigenvalue weighted by atomic mass is 35.5. The van der Waals surface area contributed by atoms with E-state index >= 15 is 0 Å². The van der Waals surface area contributed by atoms with Gasteiger partial charge in [-0.1, -0.05) is 18.2 Å². The molecular formula is C11H10ClNO2. The molecule has 0 aliphatic carbocycles. The third-order valence-electron chi connectivity index (χ3n) is 2.16. The highest BCUT2D eigenvalue weighted by Gasteiger charge is 2.05. The highest BCUT2D eigenvalue weighted by Crippen LogP contribution is 2.16. The van der Waals surface area contributed by atoms with Crippen LogP contribution in [0.5, 0.6) is 0 Å². The molecule has 0 bridgehead atoms. The van der Waals surface area contributed by atoms with E-state index in [9.17, 15) is 4.79 Å². The summed E-state index contributed by atoms with van der Waals surface area (Å²) in [5.41, 5.74) is 2.14. The normalized spacial score (nSPS) is 9.67. The molecule has 0 aliphatic rings. The molecule has 0 radical (unpaired) electrons. The van der Waals surface area contributed by atoms with Gasteiger partial charge in [-0.25, -0.2) is 4.79 Å². The first kappa shape index (κ1) is 11.5. The predicted octanol–water partition coefficient (Wildman–Crippen LogP) is 2.66. The molecule has 0 atom stereocenters. The van der Waals surface area contributed by atoms with E-state index in [0.29, 0.717) is 0 Å².